The Morgan fingerprint density at radius 3 is 2.88 bits per heavy atom. The van der Waals surface area contributed by atoms with E-state index in [0.717, 1.165) is 10.7 Å². The highest BCUT2D eigenvalue weighted by Gasteiger charge is 2.22. The average molecular weight is 253 g/mol. The Bertz CT molecular complexity index is 367. The van der Waals surface area contributed by atoms with E-state index in [2.05, 4.69) is 24.2 Å². The SMILES string of the molecule is CC(Nc1ccccc1Cl)C1CCCN(C)C1. The molecule has 1 aliphatic heterocycles. The zero-order valence-corrected chi connectivity index (χ0v) is 11.4. The summed E-state index contributed by atoms with van der Waals surface area (Å²) in [7, 11) is 2.20. The topological polar surface area (TPSA) is 15.3 Å². The Balaban J connectivity index is 1.96. The molecule has 3 heteroatoms. The molecular weight excluding hydrogens is 232 g/mol. The van der Waals surface area contributed by atoms with Crippen LogP contribution in [0.1, 0.15) is 19.8 Å². The van der Waals surface area contributed by atoms with E-state index in [9.17, 15) is 0 Å². The first-order chi connectivity index (χ1) is 8.16. The van der Waals surface area contributed by atoms with Crippen LogP contribution in [-0.4, -0.2) is 31.1 Å². The van der Waals surface area contributed by atoms with E-state index < -0.39 is 0 Å². The van der Waals surface area contributed by atoms with Gasteiger partial charge in [0.2, 0.25) is 0 Å². The molecule has 94 valence electrons. The molecule has 1 aromatic rings. The monoisotopic (exact) mass is 252 g/mol. The second kappa shape index (κ2) is 5.74. The summed E-state index contributed by atoms with van der Waals surface area (Å²) in [5.74, 6) is 0.713. The maximum absolute atomic E-state index is 6.16. The molecule has 0 spiro atoms. The number of halogens is 1. The van der Waals surface area contributed by atoms with Crippen molar-refractivity contribution in [2.75, 3.05) is 25.5 Å². The summed E-state index contributed by atoms with van der Waals surface area (Å²) in [6.45, 7) is 4.67. The molecule has 1 aromatic carbocycles. The van der Waals surface area contributed by atoms with E-state index in [1.54, 1.807) is 0 Å². The third kappa shape index (κ3) is 3.36. The Morgan fingerprint density at radius 1 is 1.41 bits per heavy atom. The van der Waals surface area contributed by atoms with Gasteiger partial charge >= 0.3 is 0 Å². The lowest BCUT2D eigenvalue weighted by Crippen LogP contribution is -2.39. The highest BCUT2D eigenvalue weighted by atomic mass is 35.5. The van der Waals surface area contributed by atoms with Gasteiger partial charge in [0.25, 0.3) is 0 Å². The first-order valence-corrected chi connectivity index (χ1v) is 6.74. The van der Waals surface area contributed by atoms with E-state index in [1.807, 2.05) is 24.3 Å². The average Bonchev–Trinajstić information content (AvgIpc) is 2.32. The largest absolute Gasteiger partial charge is 0.381 e. The molecule has 1 heterocycles. The van der Waals surface area contributed by atoms with Gasteiger partial charge in [0.1, 0.15) is 0 Å². The smallest absolute Gasteiger partial charge is 0.0637 e. The summed E-state index contributed by atoms with van der Waals surface area (Å²) in [5.41, 5.74) is 1.05. The van der Waals surface area contributed by atoms with Crippen LogP contribution in [0.2, 0.25) is 5.02 Å². The van der Waals surface area contributed by atoms with E-state index >= 15 is 0 Å². The highest BCUT2D eigenvalue weighted by molar-refractivity contribution is 6.33. The number of rotatable bonds is 3. The number of benzene rings is 1. The van der Waals surface area contributed by atoms with Gasteiger partial charge in [-0.3, -0.25) is 0 Å². The molecule has 1 fully saturated rings. The van der Waals surface area contributed by atoms with E-state index in [4.69, 9.17) is 11.6 Å². The lowest BCUT2D eigenvalue weighted by atomic mass is 9.92. The first-order valence-electron chi connectivity index (χ1n) is 6.36. The van der Waals surface area contributed by atoms with Crippen molar-refractivity contribution in [2.45, 2.75) is 25.8 Å². The zero-order valence-electron chi connectivity index (χ0n) is 10.6. The van der Waals surface area contributed by atoms with Crippen molar-refractivity contribution >= 4 is 17.3 Å². The summed E-state index contributed by atoms with van der Waals surface area (Å²) >= 11 is 6.16. The molecule has 2 atom stereocenters. The van der Waals surface area contributed by atoms with Gasteiger partial charge in [-0.25, -0.2) is 0 Å². The van der Waals surface area contributed by atoms with Crippen molar-refractivity contribution in [3.05, 3.63) is 29.3 Å². The molecule has 17 heavy (non-hydrogen) atoms. The first kappa shape index (κ1) is 12.7. The highest BCUT2D eigenvalue weighted by Crippen LogP contribution is 2.25. The molecule has 0 bridgehead atoms. The molecule has 1 aliphatic rings. The Kier molecular flexibility index (Phi) is 4.30. The molecule has 0 radical (unpaired) electrons. The Hall–Kier alpha value is -0.730. The van der Waals surface area contributed by atoms with Crippen LogP contribution in [0.25, 0.3) is 0 Å². The molecule has 0 saturated carbocycles. The maximum atomic E-state index is 6.16. The molecule has 2 nitrogen and oxygen atoms in total. The molecular formula is C14H21ClN2. The molecule has 1 N–H and O–H groups in total. The zero-order chi connectivity index (χ0) is 12.3. The minimum atomic E-state index is 0.470. The number of nitrogens with one attached hydrogen (secondary N) is 1. The Labute approximate surface area is 109 Å². The van der Waals surface area contributed by atoms with Gasteiger partial charge in [-0.05, 0) is 51.4 Å². The minimum absolute atomic E-state index is 0.470. The third-order valence-electron chi connectivity index (χ3n) is 3.63. The lowest BCUT2D eigenvalue weighted by Gasteiger charge is -2.34. The summed E-state index contributed by atoms with van der Waals surface area (Å²) in [4.78, 5) is 2.42. The molecule has 2 rings (SSSR count). The summed E-state index contributed by atoms with van der Waals surface area (Å²) < 4.78 is 0. The van der Waals surface area contributed by atoms with Crippen molar-refractivity contribution < 1.29 is 0 Å². The standard InChI is InChI=1S/C14H21ClN2/c1-11(12-6-5-9-17(2)10-12)16-14-8-4-3-7-13(14)15/h3-4,7-8,11-12,16H,5-6,9-10H2,1-2H3. The fourth-order valence-electron chi connectivity index (χ4n) is 2.56. The van der Waals surface area contributed by atoms with Gasteiger partial charge in [-0.2, -0.15) is 0 Å². The van der Waals surface area contributed by atoms with Crippen LogP contribution >= 0.6 is 11.6 Å². The second-order valence-corrected chi connectivity index (χ2v) is 5.48. The number of piperidine rings is 1. The van der Waals surface area contributed by atoms with Gasteiger partial charge in [0.05, 0.1) is 10.7 Å². The summed E-state index contributed by atoms with van der Waals surface area (Å²) in [5, 5.41) is 4.35. The number of para-hydroxylation sites is 1. The van der Waals surface area contributed by atoms with E-state index in [-0.39, 0.29) is 0 Å². The van der Waals surface area contributed by atoms with Gasteiger partial charge in [-0.1, -0.05) is 23.7 Å². The van der Waals surface area contributed by atoms with E-state index in [0.29, 0.717) is 12.0 Å². The van der Waals surface area contributed by atoms with E-state index in [1.165, 1.54) is 25.9 Å². The van der Waals surface area contributed by atoms with Crippen molar-refractivity contribution in [2.24, 2.45) is 5.92 Å². The van der Waals surface area contributed by atoms with Gasteiger partial charge in [-0.15, -0.1) is 0 Å². The Morgan fingerprint density at radius 2 is 2.18 bits per heavy atom. The van der Waals surface area contributed by atoms with Crippen molar-refractivity contribution in [3.8, 4) is 0 Å². The fourth-order valence-corrected chi connectivity index (χ4v) is 2.75. The molecule has 0 aromatic heterocycles. The van der Waals surface area contributed by atoms with Crippen LogP contribution in [0.5, 0.6) is 0 Å². The normalized spacial score (nSPS) is 23.4. The molecule has 0 amide bonds. The van der Waals surface area contributed by atoms with Gasteiger partial charge in [0, 0.05) is 12.6 Å². The van der Waals surface area contributed by atoms with Crippen LogP contribution < -0.4 is 5.32 Å². The third-order valence-corrected chi connectivity index (χ3v) is 3.95. The molecule has 0 aliphatic carbocycles. The quantitative estimate of drug-likeness (QED) is 0.886. The fraction of sp³-hybridized carbons (Fsp3) is 0.571. The minimum Gasteiger partial charge on any atom is -0.381 e. The number of likely N-dealkylation sites (tertiary alicyclic amines) is 1. The maximum Gasteiger partial charge on any atom is 0.0637 e. The molecule has 2 unspecified atom stereocenters. The van der Waals surface area contributed by atoms with Crippen LogP contribution in [0.15, 0.2) is 24.3 Å². The van der Waals surface area contributed by atoms with Gasteiger partial charge < -0.3 is 10.2 Å². The lowest BCUT2D eigenvalue weighted by molar-refractivity contribution is 0.197. The predicted molar refractivity (Wildman–Crippen MR) is 74.8 cm³/mol. The van der Waals surface area contributed by atoms with Crippen molar-refractivity contribution in [3.63, 3.8) is 0 Å². The van der Waals surface area contributed by atoms with Crippen molar-refractivity contribution in [1.29, 1.82) is 0 Å². The van der Waals surface area contributed by atoms with Crippen LogP contribution in [0.4, 0.5) is 5.69 Å². The van der Waals surface area contributed by atoms with Crippen molar-refractivity contribution in [1.82, 2.24) is 4.90 Å². The molecule has 1 saturated heterocycles. The number of anilines is 1. The number of hydrogen-bond acceptors (Lipinski definition) is 2. The number of hydrogen-bond donors (Lipinski definition) is 1. The summed E-state index contributed by atoms with van der Waals surface area (Å²) in [6.07, 6.45) is 2.61. The van der Waals surface area contributed by atoms with Crippen LogP contribution in [0.3, 0.4) is 0 Å². The van der Waals surface area contributed by atoms with Gasteiger partial charge in [0.15, 0.2) is 0 Å². The van der Waals surface area contributed by atoms with Crippen LogP contribution in [-0.2, 0) is 0 Å². The number of nitrogens with zero attached hydrogens (tertiary/aromatic N) is 1. The summed E-state index contributed by atoms with van der Waals surface area (Å²) in [6, 6.07) is 8.44. The predicted octanol–water partition coefficient (Wildman–Crippen LogP) is 3.48. The van der Waals surface area contributed by atoms with Crippen LogP contribution in [0, 0.1) is 5.92 Å². The second-order valence-electron chi connectivity index (χ2n) is 5.08.